The summed E-state index contributed by atoms with van der Waals surface area (Å²) in [7, 11) is -3.73. The van der Waals surface area contributed by atoms with Crippen LogP contribution in [0.2, 0.25) is 12.1 Å². The minimum absolute atomic E-state index is 0.596. The molecule has 1 rings (SSSR count). The van der Waals surface area contributed by atoms with Gasteiger partial charge in [0.05, 0.1) is 5.69 Å². The molecular weight excluding hydrogens is 454 g/mol. The first-order valence-electron chi connectivity index (χ1n) is 12.1. The van der Waals surface area contributed by atoms with Crippen molar-refractivity contribution < 1.29 is 22.1 Å². The molecule has 0 atom stereocenters. The lowest BCUT2D eigenvalue weighted by Crippen LogP contribution is -2.46. The van der Waals surface area contributed by atoms with Crippen LogP contribution in [0.5, 0.6) is 0 Å². The molecule has 0 spiro atoms. The molecule has 0 unspecified atom stereocenters. The number of hydrogen-bond donors (Lipinski definition) is 0. The van der Waals surface area contributed by atoms with Crippen molar-refractivity contribution in [3.8, 4) is 0 Å². The van der Waals surface area contributed by atoms with Crippen molar-refractivity contribution in [2.45, 2.75) is 59.5 Å². The van der Waals surface area contributed by atoms with Crippen LogP contribution in [0.25, 0.3) is 0 Å². The van der Waals surface area contributed by atoms with Gasteiger partial charge in [-0.05, 0) is 65.6 Å². The summed E-state index contributed by atoms with van der Waals surface area (Å²) in [5, 5.41) is 0. The van der Waals surface area contributed by atoms with Crippen LogP contribution in [0.1, 0.15) is 58.7 Å². The van der Waals surface area contributed by atoms with Gasteiger partial charge in [0.25, 0.3) is 0 Å². The van der Waals surface area contributed by atoms with Crippen LogP contribution in [-0.2, 0) is 22.1 Å². The highest BCUT2D eigenvalue weighted by Crippen LogP contribution is 2.18. The van der Waals surface area contributed by atoms with E-state index in [4.69, 9.17) is 22.1 Å². The highest BCUT2D eigenvalue weighted by atomic mass is 28.4. The van der Waals surface area contributed by atoms with Crippen molar-refractivity contribution in [2.24, 2.45) is 9.98 Å². The second-order valence-electron chi connectivity index (χ2n) is 7.01. The fraction of sp³-hybridized carbons (Fsp3) is 0.696. The first kappa shape index (κ1) is 29.8. The lowest BCUT2D eigenvalue weighted by Gasteiger charge is -2.28. The minimum atomic E-state index is -2.58. The molecule has 0 saturated carbocycles. The molecule has 187 valence electrons. The normalized spacial score (nSPS) is 12.5. The number of hydrogen-bond acceptors (Lipinski definition) is 8. The van der Waals surface area contributed by atoms with E-state index < -0.39 is 18.1 Å². The molecule has 0 amide bonds. The van der Waals surface area contributed by atoms with Gasteiger partial charge in [-0.2, -0.15) is 0 Å². The van der Waals surface area contributed by atoms with Gasteiger partial charge in [-0.3, -0.25) is 15.0 Å². The molecular formula is C23H42N3O5Si2. The van der Waals surface area contributed by atoms with Crippen LogP contribution in [0.15, 0.2) is 28.3 Å². The molecule has 0 fully saturated rings. The summed E-state index contributed by atoms with van der Waals surface area (Å²) in [5.41, 5.74) is 1.81. The Labute approximate surface area is 203 Å². The lowest BCUT2D eigenvalue weighted by molar-refractivity contribution is 0.0710. The van der Waals surface area contributed by atoms with Crippen LogP contribution in [0.3, 0.4) is 0 Å². The SMILES string of the molecule is CCO[Si](CCCN=Cc1ccc(C=NCCC[Si](OCC)(OCC)OCC)cn1)OCC. The van der Waals surface area contributed by atoms with Crippen LogP contribution in [0.4, 0.5) is 0 Å². The first-order chi connectivity index (χ1) is 16.1. The molecule has 0 aliphatic carbocycles. The maximum absolute atomic E-state index is 5.88. The zero-order valence-electron chi connectivity index (χ0n) is 21.0. The smallest absolute Gasteiger partial charge is 0.394 e. The van der Waals surface area contributed by atoms with E-state index in [9.17, 15) is 0 Å². The van der Waals surface area contributed by atoms with E-state index in [1.165, 1.54) is 0 Å². The van der Waals surface area contributed by atoms with Gasteiger partial charge in [-0.25, -0.2) is 0 Å². The molecule has 1 heterocycles. The van der Waals surface area contributed by atoms with Gasteiger partial charge in [0, 0.05) is 76.4 Å². The van der Waals surface area contributed by atoms with Crippen molar-refractivity contribution >= 4 is 30.5 Å². The summed E-state index contributed by atoms with van der Waals surface area (Å²) >= 11 is 0. The summed E-state index contributed by atoms with van der Waals surface area (Å²) in [6.45, 7) is 14.6. The average molecular weight is 497 g/mol. The van der Waals surface area contributed by atoms with Crippen molar-refractivity contribution in [1.82, 2.24) is 4.98 Å². The van der Waals surface area contributed by atoms with Gasteiger partial charge in [0.2, 0.25) is 0 Å². The molecule has 1 aromatic rings. The quantitative estimate of drug-likeness (QED) is 0.152. The Morgan fingerprint density at radius 2 is 1.42 bits per heavy atom. The van der Waals surface area contributed by atoms with Gasteiger partial charge in [-0.15, -0.1) is 0 Å². The largest absolute Gasteiger partial charge is 0.500 e. The fourth-order valence-corrected chi connectivity index (χ4v) is 7.16. The monoisotopic (exact) mass is 496 g/mol. The van der Waals surface area contributed by atoms with E-state index in [1.807, 2.05) is 65.4 Å². The number of rotatable bonds is 20. The topological polar surface area (TPSA) is 83.8 Å². The molecule has 0 bridgehead atoms. The molecule has 0 aliphatic heterocycles. The van der Waals surface area contributed by atoms with E-state index in [-0.39, 0.29) is 0 Å². The minimum Gasteiger partial charge on any atom is -0.394 e. The Kier molecular flexibility index (Phi) is 17.2. The van der Waals surface area contributed by atoms with Crippen molar-refractivity contribution in [2.75, 3.05) is 46.1 Å². The van der Waals surface area contributed by atoms with Gasteiger partial charge >= 0.3 is 18.1 Å². The Morgan fingerprint density at radius 3 is 1.97 bits per heavy atom. The molecule has 33 heavy (non-hydrogen) atoms. The highest BCUT2D eigenvalue weighted by Gasteiger charge is 2.39. The predicted octanol–water partition coefficient (Wildman–Crippen LogP) is 4.31. The third-order valence-electron chi connectivity index (χ3n) is 4.41. The summed E-state index contributed by atoms with van der Waals surface area (Å²) in [4.78, 5) is 13.4. The third kappa shape index (κ3) is 13.3. The lowest BCUT2D eigenvalue weighted by atomic mass is 10.3. The number of pyridine rings is 1. The average Bonchev–Trinajstić information content (AvgIpc) is 2.80. The van der Waals surface area contributed by atoms with Gasteiger partial charge in [0.1, 0.15) is 0 Å². The van der Waals surface area contributed by atoms with E-state index in [1.54, 1.807) is 0 Å². The molecule has 0 aliphatic rings. The maximum atomic E-state index is 5.88. The molecule has 0 aromatic carbocycles. The van der Waals surface area contributed by atoms with Crippen molar-refractivity contribution in [1.29, 1.82) is 0 Å². The predicted molar refractivity (Wildman–Crippen MR) is 138 cm³/mol. The Hall–Kier alpha value is -1.28. The third-order valence-corrected chi connectivity index (χ3v) is 9.55. The number of nitrogens with zero attached hydrogens (tertiary/aromatic N) is 3. The van der Waals surface area contributed by atoms with Crippen molar-refractivity contribution in [3.63, 3.8) is 0 Å². The van der Waals surface area contributed by atoms with E-state index in [2.05, 4.69) is 15.0 Å². The second kappa shape index (κ2) is 19.1. The van der Waals surface area contributed by atoms with Crippen molar-refractivity contribution in [3.05, 3.63) is 29.6 Å². The second-order valence-corrected chi connectivity index (χ2v) is 11.6. The van der Waals surface area contributed by atoms with E-state index >= 15 is 0 Å². The Morgan fingerprint density at radius 1 is 0.818 bits per heavy atom. The molecule has 1 radical (unpaired) electrons. The Balaban J connectivity index is 2.40. The molecule has 8 nitrogen and oxygen atoms in total. The Bertz CT molecular complexity index is 639. The zero-order valence-corrected chi connectivity index (χ0v) is 23.0. The van der Waals surface area contributed by atoms with Gasteiger partial charge < -0.3 is 22.1 Å². The molecule has 10 heteroatoms. The van der Waals surface area contributed by atoms with Crippen LogP contribution in [-0.4, -0.2) is 81.6 Å². The van der Waals surface area contributed by atoms with Crippen LogP contribution in [0, 0.1) is 0 Å². The first-order valence-corrected chi connectivity index (χ1v) is 15.6. The van der Waals surface area contributed by atoms with Crippen LogP contribution >= 0.6 is 0 Å². The zero-order chi connectivity index (χ0) is 24.2. The van der Waals surface area contributed by atoms with Crippen LogP contribution < -0.4 is 0 Å². The summed E-state index contributed by atoms with van der Waals surface area (Å²) in [6.07, 6.45) is 7.29. The number of aliphatic imine (C=N–C) groups is 2. The highest BCUT2D eigenvalue weighted by molar-refractivity contribution is 6.60. The molecule has 1 aromatic heterocycles. The van der Waals surface area contributed by atoms with Gasteiger partial charge in [0.15, 0.2) is 0 Å². The molecule has 0 N–H and O–H groups in total. The summed E-state index contributed by atoms with van der Waals surface area (Å²) in [6, 6.07) is 5.67. The summed E-state index contributed by atoms with van der Waals surface area (Å²) in [5.74, 6) is 0. The number of aromatic nitrogens is 1. The summed E-state index contributed by atoms with van der Waals surface area (Å²) < 4.78 is 28.9. The fourth-order valence-electron chi connectivity index (χ4n) is 3.11. The van der Waals surface area contributed by atoms with E-state index in [0.717, 1.165) is 42.7 Å². The molecule has 0 saturated heterocycles. The van der Waals surface area contributed by atoms with Gasteiger partial charge in [-0.1, -0.05) is 0 Å². The standard InChI is InChI=1S/C23H42N3O5Si2/c1-6-27-32(28-7-2)17-11-15-25-21-23-14-13-22(20-26-23)19-24-16-12-18-33(29-8-3,30-9-4)31-10-5/h13-14,19-21H,6-12,15-18H2,1-5H3. The van der Waals surface area contributed by atoms with E-state index in [0.29, 0.717) is 39.6 Å². The maximum Gasteiger partial charge on any atom is 0.500 e.